The van der Waals surface area contributed by atoms with Crippen LogP contribution in [-0.4, -0.2) is 15.9 Å². The number of anilines is 1. The first-order valence-electron chi connectivity index (χ1n) is 3.72. The van der Waals surface area contributed by atoms with E-state index in [9.17, 15) is 4.79 Å². The lowest BCUT2D eigenvalue weighted by Gasteiger charge is -2.02. The molecule has 6 nitrogen and oxygen atoms in total. The van der Waals surface area contributed by atoms with Crippen LogP contribution in [0.4, 0.5) is 5.82 Å². The van der Waals surface area contributed by atoms with Crippen LogP contribution in [0.3, 0.4) is 0 Å². The number of carbonyl (C=O) groups is 1. The van der Waals surface area contributed by atoms with Gasteiger partial charge in [-0.25, -0.2) is 9.97 Å². The molecule has 1 aromatic rings. The maximum atomic E-state index is 10.5. The Bertz CT molecular complexity index is 325. The summed E-state index contributed by atoms with van der Waals surface area (Å²) in [4.78, 5) is 18.3. The Labute approximate surface area is 75.1 Å². The maximum absolute atomic E-state index is 10.5. The number of nitrogen functional groups attached to an aromatic ring is 1. The molecule has 0 unspecified atom stereocenters. The van der Waals surface area contributed by atoms with E-state index in [1.54, 1.807) is 0 Å². The quantitative estimate of drug-likeness (QED) is 0.526. The SMILES string of the molecule is NCc1cnc(CC(N)=O)nc1N. The lowest BCUT2D eigenvalue weighted by Crippen LogP contribution is -2.17. The summed E-state index contributed by atoms with van der Waals surface area (Å²) in [6.45, 7) is 0.280. The van der Waals surface area contributed by atoms with Crippen LogP contribution in [0.25, 0.3) is 0 Å². The van der Waals surface area contributed by atoms with Gasteiger partial charge in [0, 0.05) is 18.3 Å². The van der Waals surface area contributed by atoms with Crippen LogP contribution >= 0.6 is 0 Å². The Balaban J connectivity index is 2.89. The van der Waals surface area contributed by atoms with Gasteiger partial charge in [0.25, 0.3) is 0 Å². The monoisotopic (exact) mass is 181 g/mol. The van der Waals surface area contributed by atoms with Gasteiger partial charge in [-0.1, -0.05) is 0 Å². The molecule has 6 N–H and O–H groups in total. The van der Waals surface area contributed by atoms with Gasteiger partial charge < -0.3 is 17.2 Å². The Morgan fingerprint density at radius 1 is 1.54 bits per heavy atom. The Morgan fingerprint density at radius 2 is 2.23 bits per heavy atom. The molecule has 6 heteroatoms. The van der Waals surface area contributed by atoms with Crippen molar-refractivity contribution in [2.45, 2.75) is 13.0 Å². The predicted octanol–water partition coefficient (Wildman–Crippen LogP) is -1.45. The molecule has 1 amide bonds. The van der Waals surface area contributed by atoms with Crippen molar-refractivity contribution in [1.29, 1.82) is 0 Å². The summed E-state index contributed by atoms with van der Waals surface area (Å²) in [7, 11) is 0. The molecule has 0 aliphatic carbocycles. The van der Waals surface area contributed by atoms with E-state index in [4.69, 9.17) is 17.2 Å². The number of rotatable bonds is 3. The molecule has 0 saturated heterocycles. The summed E-state index contributed by atoms with van der Waals surface area (Å²) >= 11 is 0. The zero-order chi connectivity index (χ0) is 9.84. The van der Waals surface area contributed by atoms with E-state index in [0.29, 0.717) is 17.2 Å². The average molecular weight is 181 g/mol. The third-order valence-corrected chi connectivity index (χ3v) is 1.50. The molecule has 13 heavy (non-hydrogen) atoms. The zero-order valence-electron chi connectivity index (χ0n) is 7.03. The molecule has 1 aromatic heterocycles. The minimum atomic E-state index is -0.486. The Kier molecular flexibility index (Phi) is 2.76. The van der Waals surface area contributed by atoms with E-state index in [2.05, 4.69) is 9.97 Å². The highest BCUT2D eigenvalue weighted by Gasteiger charge is 2.04. The molecule has 0 aromatic carbocycles. The van der Waals surface area contributed by atoms with Crippen molar-refractivity contribution >= 4 is 11.7 Å². The highest BCUT2D eigenvalue weighted by atomic mass is 16.1. The van der Waals surface area contributed by atoms with Crippen LogP contribution in [-0.2, 0) is 17.8 Å². The zero-order valence-corrected chi connectivity index (χ0v) is 7.03. The normalized spacial score (nSPS) is 9.92. The average Bonchev–Trinajstić information content (AvgIpc) is 2.03. The fraction of sp³-hybridized carbons (Fsp3) is 0.286. The van der Waals surface area contributed by atoms with Crippen molar-refractivity contribution in [2.75, 3.05) is 5.73 Å². The summed E-state index contributed by atoms with van der Waals surface area (Å²) in [6, 6.07) is 0. The van der Waals surface area contributed by atoms with Crippen molar-refractivity contribution < 1.29 is 4.79 Å². The van der Waals surface area contributed by atoms with E-state index in [1.165, 1.54) is 6.20 Å². The summed E-state index contributed by atoms with van der Waals surface area (Å²) in [5.74, 6) is 0.135. The second kappa shape index (κ2) is 3.81. The molecular weight excluding hydrogens is 170 g/mol. The van der Waals surface area contributed by atoms with Crippen molar-refractivity contribution in [2.24, 2.45) is 11.5 Å². The molecule has 0 fully saturated rings. The summed E-state index contributed by atoms with van der Waals surface area (Å²) in [5, 5.41) is 0. The summed E-state index contributed by atoms with van der Waals surface area (Å²) in [5.41, 5.74) is 16.5. The third kappa shape index (κ3) is 2.38. The fourth-order valence-electron chi connectivity index (χ4n) is 0.857. The van der Waals surface area contributed by atoms with Gasteiger partial charge in [0.1, 0.15) is 11.6 Å². The smallest absolute Gasteiger partial charge is 0.225 e. The molecule has 0 saturated carbocycles. The molecule has 0 aliphatic rings. The van der Waals surface area contributed by atoms with Gasteiger partial charge in [0.15, 0.2) is 0 Å². The molecular formula is C7H11N5O. The number of hydrogen-bond donors (Lipinski definition) is 3. The fourth-order valence-corrected chi connectivity index (χ4v) is 0.857. The molecule has 0 radical (unpaired) electrons. The predicted molar refractivity (Wildman–Crippen MR) is 47.2 cm³/mol. The topological polar surface area (TPSA) is 121 Å². The molecule has 0 bridgehead atoms. The minimum Gasteiger partial charge on any atom is -0.383 e. The van der Waals surface area contributed by atoms with Crippen molar-refractivity contribution in [3.05, 3.63) is 17.6 Å². The van der Waals surface area contributed by atoms with Crippen molar-refractivity contribution in [1.82, 2.24) is 9.97 Å². The number of aromatic nitrogens is 2. The highest BCUT2D eigenvalue weighted by molar-refractivity contribution is 5.75. The second-order valence-electron chi connectivity index (χ2n) is 2.54. The van der Waals surface area contributed by atoms with Crippen LogP contribution in [0.2, 0.25) is 0 Å². The van der Waals surface area contributed by atoms with Gasteiger partial charge in [-0.3, -0.25) is 4.79 Å². The van der Waals surface area contributed by atoms with E-state index >= 15 is 0 Å². The maximum Gasteiger partial charge on any atom is 0.225 e. The second-order valence-corrected chi connectivity index (χ2v) is 2.54. The van der Waals surface area contributed by atoms with Crippen LogP contribution in [0.1, 0.15) is 11.4 Å². The van der Waals surface area contributed by atoms with Gasteiger partial charge in [-0.05, 0) is 0 Å². The Morgan fingerprint density at radius 3 is 2.69 bits per heavy atom. The first-order chi connectivity index (χ1) is 6.13. The molecule has 1 rings (SSSR count). The van der Waals surface area contributed by atoms with E-state index in [0.717, 1.165) is 0 Å². The number of amides is 1. The molecule has 0 atom stereocenters. The largest absolute Gasteiger partial charge is 0.383 e. The van der Waals surface area contributed by atoms with E-state index in [-0.39, 0.29) is 13.0 Å². The van der Waals surface area contributed by atoms with Crippen LogP contribution in [0, 0.1) is 0 Å². The third-order valence-electron chi connectivity index (χ3n) is 1.50. The van der Waals surface area contributed by atoms with Crippen LogP contribution in [0.5, 0.6) is 0 Å². The molecule has 1 heterocycles. The number of nitrogens with two attached hydrogens (primary N) is 3. The Hall–Kier alpha value is -1.69. The number of hydrogen-bond acceptors (Lipinski definition) is 5. The van der Waals surface area contributed by atoms with Gasteiger partial charge in [-0.15, -0.1) is 0 Å². The first kappa shape index (κ1) is 9.40. The number of carbonyl (C=O) groups excluding carboxylic acids is 1. The lowest BCUT2D eigenvalue weighted by molar-refractivity contribution is -0.117. The molecule has 0 aliphatic heterocycles. The number of nitrogens with zero attached hydrogens (tertiary/aromatic N) is 2. The van der Waals surface area contributed by atoms with Crippen molar-refractivity contribution in [3.63, 3.8) is 0 Å². The van der Waals surface area contributed by atoms with Gasteiger partial charge in [-0.2, -0.15) is 0 Å². The van der Waals surface area contributed by atoms with E-state index in [1.807, 2.05) is 0 Å². The lowest BCUT2D eigenvalue weighted by atomic mass is 10.3. The standard InChI is InChI=1S/C7H11N5O/c8-2-4-3-11-6(1-5(9)13)12-7(4)10/h3H,1-2,8H2,(H2,9,13)(H2,10,11,12). The van der Waals surface area contributed by atoms with Crippen LogP contribution < -0.4 is 17.2 Å². The highest BCUT2D eigenvalue weighted by Crippen LogP contribution is 2.05. The van der Waals surface area contributed by atoms with Gasteiger partial charge in [0.2, 0.25) is 5.91 Å². The minimum absolute atomic E-state index is 0.00491. The van der Waals surface area contributed by atoms with Gasteiger partial charge in [0.05, 0.1) is 6.42 Å². The summed E-state index contributed by atoms with van der Waals surface area (Å²) in [6.07, 6.45) is 1.50. The van der Waals surface area contributed by atoms with Gasteiger partial charge >= 0.3 is 0 Å². The van der Waals surface area contributed by atoms with E-state index < -0.39 is 5.91 Å². The summed E-state index contributed by atoms with van der Waals surface area (Å²) < 4.78 is 0. The molecule has 70 valence electrons. The van der Waals surface area contributed by atoms with Crippen molar-refractivity contribution in [3.8, 4) is 0 Å². The number of primary amides is 1. The van der Waals surface area contributed by atoms with Crippen LogP contribution in [0.15, 0.2) is 6.20 Å². The first-order valence-corrected chi connectivity index (χ1v) is 3.72. The molecule has 0 spiro atoms.